The van der Waals surface area contributed by atoms with E-state index in [4.69, 9.17) is 11.6 Å². The minimum Gasteiger partial charge on any atom is -0.207 e. The van der Waals surface area contributed by atoms with Crippen molar-refractivity contribution in [2.24, 2.45) is 5.92 Å². The number of alkyl halides is 1. The van der Waals surface area contributed by atoms with Crippen LogP contribution >= 0.6 is 11.6 Å². The van der Waals surface area contributed by atoms with E-state index in [1.807, 2.05) is 0 Å². The van der Waals surface area contributed by atoms with Gasteiger partial charge in [-0.3, -0.25) is 0 Å². The first kappa shape index (κ1) is 15.7. The molecule has 1 heterocycles. The number of benzene rings is 1. The van der Waals surface area contributed by atoms with E-state index in [0.717, 1.165) is 19.3 Å². The van der Waals surface area contributed by atoms with E-state index >= 15 is 0 Å². The fourth-order valence-corrected chi connectivity index (χ4v) is 4.19. The molecule has 0 N–H and O–H groups in total. The highest BCUT2D eigenvalue weighted by Crippen LogP contribution is 2.24. The predicted molar refractivity (Wildman–Crippen MR) is 77.7 cm³/mol. The molecule has 3 nitrogen and oxygen atoms in total. The lowest BCUT2D eigenvalue weighted by Crippen LogP contribution is -2.32. The van der Waals surface area contributed by atoms with Gasteiger partial charge >= 0.3 is 0 Å². The van der Waals surface area contributed by atoms with E-state index in [9.17, 15) is 12.8 Å². The van der Waals surface area contributed by atoms with Crippen molar-refractivity contribution in [3.8, 4) is 0 Å². The first-order chi connectivity index (χ1) is 9.45. The molecule has 1 aliphatic rings. The summed E-state index contributed by atoms with van der Waals surface area (Å²) < 4.78 is 40.1. The third-order valence-electron chi connectivity index (χ3n) is 3.77. The topological polar surface area (TPSA) is 37.4 Å². The highest BCUT2D eigenvalue weighted by molar-refractivity contribution is 7.89. The lowest BCUT2D eigenvalue weighted by molar-refractivity contribution is 0.416. The molecular weight excluding hydrogens is 301 g/mol. The molecule has 1 fully saturated rings. The number of sulfonamides is 1. The third-order valence-corrected chi connectivity index (χ3v) is 5.96. The zero-order valence-electron chi connectivity index (χ0n) is 11.5. The Morgan fingerprint density at radius 2 is 2.10 bits per heavy atom. The summed E-state index contributed by atoms with van der Waals surface area (Å²) in [5, 5.41) is 0. The number of hydrogen-bond acceptors (Lipinski definition) is 2. The van der Waals surface area contributed by atoms with Crippen LogP contribution in [0.1, 0.15) is 31.7 Å². The second-order valence-electron chi connectivity index (χ2n) is 5.33. The molecule has 0 aromatic heterocycles. The summed E-state index contributed by atoms with van der Waals surface area (Å²) in [6, 6.07) is 3.83. The lowest BCUT2D eigenvalue weighted by Gasteiger charge is -2.20. The second kappa shape index (κ2) is 6.41. The summed E-state index contributed by atoms with van der Waals surface area (Å²) >= 11 is 5.64. The van der Waals surface area contributed by atoms with Crippen LogP contribution in [0.15, 0.2) is 23.1 Å². The largest absolute Gasteiger partial charge is 0.243 e. The van der Waals surface area contributed by atoms with Gasteiger partial charge in [0.05, 0.1) is 10.8 Å². The molecular formula is C14H19ClFNO2S. The second-order valence-corrected chi connectivity index (χ2v) is 7.53. The molecule has 0 saturated carbocycles. The zero-order valence-corrected chi connectivity index (χ0v) is 13.1. The molecule has 2 rings (SSSR count). The molecule has 0 amide bonds. The molecule has 0 spiro atoms. The molecule has 20 heavy (non-hydrogen) atoms. The molecule has 6 heteroatoms. The average Bonchev–Trinajstić information content (AvgIpc) is 2.64. The van der Waals surface area contributed by atoms with Gasteiger partial charge in [-0.05, 0) is 43.4 Å². The monoisotopic (exact) mass is 319 g/mol. The van der Waals surface area contributed by atoms with Crippen LogP contribution in [0.25, 0.3) is 0 Å². The van der Waals surface area contributed by atoms with Gasteiger partial charge in [-0.1, -0.05) is 6.92 Å². The van der Waals surface area contributed by atoms with Gasteiger partial charge in [0, 0.05) is 18.7 Å². The minimum absolute atomic E-state index is 0.0355. The summed E-state index contributed by atoms with van der Waals surface area (Å²) in [5.74, 6) is 0.0388. The van der Waals surface area contributed by atoms with Gasteiger partial charge in [-0.15, -0.1) is 11.6 Å². The van der Waals surface area contributed by atoms with E-state index in [2.05, 4.69) is 6.92 Å². The van der Waals surface area contributed by atoms with E-state index in [1.54, 1.807) is 0 Å². The Morgan fingerprint density at radius 3 is 2.80 bits per heavy atom. The van der Waals surface area contributed by atoms with E-state index in [0.29, 0.717) is 19.0 Å². The summed E-state index contributed by atoms with van der Waals surface area (Å²) in [6.07, 6.45) is 2.77. The Bertz CT molecular complexity index is 577. The molecule has 1 saturated heterocycles. The first-order valence-electron chi connectivity index (χ1n) is 6.79. The van der Waals surface area contributed by atoms with Gasteiger partial charge in [-0.2, -0.15) is 4.31 Å². The Kier molecular flexibility index (Phi) is 5.04. The van der Waals surface area contributed by atoms with E-state index in [-0.39, 0.29) is 16.3 Å². The van der Waals surface area contributed by atoms with Gasteiger partial charge in [0.1, 0.15) is 5.82 Å². The molecule has 1 atom stereocenters. The van der Waals surface area contributed by atoms with Crippen molar-refractivity contribution in [2.45, 2.75) is 37.0 Å². The van der Waals surface area contributed by atoms with Gasteiger partial charge < -0.3 is 0 Å². The molecule has 1 unspecified atom stereocenters. The van der Waals surface area contributed by atoms with E-state index in [1.165, 1.54) is 22.5 Å². The van der Waals surface area contributed by atoms with Crippen LogP contribution in [0, 0.1) is 11.7 Å². The third kappa shape index (κ3) is 3.32. The maximum Gasteiger partial charge on any atom is 0.243 e. The Morgan fingerprint density at radius 1 is 1.35 bits per heavy atom. The van der Waals surface area contributed by atoms with Crippen molar-refractivity contribution in [3.05, 3.63) is 29.6 Å². The fraction of sp³-hybridized carbons (Fsp3) is 0.571. The standard InChI is InChI=1S/C14H19ClFNO2S/c1-11-3-2-7-17(8-6-11)20(18,19)13-4-5-14(16)12(9-13)10-15/h4-5,9,11H,2-3,6-8,10H2,1H3. The number of hydrogen-bond donors (Lipinski definition) is 0. The highest BCUT2D eigenvalue weighted by atomic mass is 35.5. The number of rotatable bonds is 3. The molecule has 0 radical (unpaired) electrons. The average molecular weight is 320 g/mol. The van der Waals surface area contributed by atoms with Gasteiger partial charge in [0.25, 0.3) is 0 Å². The fourth-order valence-electron chi connectivity index (χ4n) is 2.44. The minimum atomic E-state index is -3.55. The van der Waals surface area contributed by atoms with E-state index < -0.39 is 15.8 Å². The molecule has 0 bridgehead atoms. The number of halogens is 2. The van der Waals surface area contributed by atoms with Crippen LogP contribution in [0.4, 0.5) is 4.39 Å². The number of nitrogens with zero attached hydrogens (tertiary/aromatic N) is 1. The van der Waals surface area contributed by atoms with Crippen molar-refractivity contribution in [1.29, 1.82) is 0 Å². The first-order valence-corrected chi connectivity index (χ1v) is 8.77. The van der Waals surface area contributed by atoms with Crippen LogP contribution in [0.2, 0.25) is 0 Å². The van der Waals surface area contributed by atoms with Crippen LogP contribution in [-0.4, -0.2) is 25.8 Å². The maximum atomic E-state index is 13.4. The summed E-state index contributed by atoms with van der Waals surface area (Å²) in [5.41, 5.74) is 0.218. The van der Waals surface area contributed by atoms with Crippen molar-refractivity contribution >= 4 is 21.6 Å². The quantitative estimate of drug-likeness (QED) is 0.801. The summed E-state index contributed by atoms with van der Waals surface area (Å²) in [6.45, 7) is 3.19. The van der Waals surface area contributed by atoms with Crippen molar-refractivity contribution in [2.75, 3.05) is 13.1 Å². The lowest BCUT2D eigenvalue weighted by atomic mass is 10.0. The molecule has 112 valence electrons. The van der Waals surface area contributed by atoms with Crippen LogP contribution in [0.5, 0.6) is 0 Å². The van der Waals surface area contributed by atoms with Crippen LogP contribution < -0.4 is 0 Å². The van der Waals surface area contributed by atoms with Crippen LogP contribution in [0.3, 0.4) is 0 Å². The Hall–Kier alpha value is -0.650. The van der Waals surface area contributed by atoms with Gasteiger partial charge in [-0.25, -0.2) is 12.8 Å². The van der Waals surface area contributed by atoms with Crippen molar-refractivity contribution in [1.82, 2.24) is 4.31 Å². The van der Waals surface area contributed by atoms with Crippen molar-refractivity contribution < 1.29 is 12.8 Å². The molecule has 1 aliphatic heterocycles. The SMILES string of the molecule is CC1CCCN(S(=O)(=O)c2ccc(F)c(CCl)c2)CC1. The summed E-state index contributed by atoms with van der Waals surface area (Å²) in [7, 11) is -3.55. The van der Waals surface area contributed by atoms with Crippen molar-refractivity contribution in [3.63, 3.8) is 0 Å². The maximum absolute atomic E-state index is 13.4. The zero-order chi connectivity index (χ0) is 14.8. The Balaban J connectivity index is 2.29. The molecule has 1 aromatic rings. The smallest absolute Gasteiger partial charge is 0.207 e. The molecule has 0 aliphatic carbocycles. The Labute approximate surface area is 124 Å². The van der Waals surface area contributed by atoms with Gasteiger partial charge in [0.15, 0.2) is 0 Å². The molecule has 1 aromatic carbocycles. The summed E-state index contributed by atoms with van der Waals surface area (Å²) in [4.78, 5) is 0.129. The predicted octanol–water partition coefficient (Wildman–Crippen LogP) is 3.38. The normalized spacial score (nSPS) is 21.6. The van der Waals surface area contributed by atoms with Crippen LogP contribution in [-0.2, 0) is 15.9 Å². The van der Waals surface area contributed by atoms with Gasteiger partial charge in [0.2, 0.25) is 10.0 Å². The highest BCUT2D eigenvalue weighted by Gasteiger charge is 2.27.